The van der Waals surface area contributed by atoms with Gasteiger partial charge in [0.2, 0.25) is 5.91 Å². The summed E-state index contributed by atoms with van der Waals surface area (Å²) in [5.74, 6) is -1.54. The largest absolute Gasteiger partial charge is 0.323 e. The molecule has 118 valence electrons. The zero-order valence-electron chi connectivity index (χ0n) is 11.8. The first-order chi connectivity index (χ1) is 10.5. The molecule has 2 rings (SSSR count). The summed E-state index contributed by atoms with van der Waals surface area (Å²) < 4.78 is 26.7. The fourth-order valence-corrected chi connectivity index (χ4v) is 2.23. The van der Waals surface area contributed by atoms with Crippen LogP contribution < -0.4 is 16.3 Å². The van der Waals surface area contributed by atoms with E-state index >= 15 is 0 Å². The molecule has 0 aromatic carbocycles. The second-order valence-corrected chi connectivity index (χ2v) is 4.93. The van der Waals surface area contributed by atoms with Gasteiger partial charge in [0.25, 0.3) is 5.56 Å². The number of hydrazine groups is 1. The molecular weight excluding hydrogens is 296 g/mol. The number of carbonyl (C=O) groups is 1. The van der Waals surface area contributed by atoms with Crippen LogP contribution in [0.25, 0.3) is 0 Å². The number of amides is 1. The summed E-state index contributed by atoms with van der Waals surface area (Å²) in [5, 5.41) is 12.9. The molecule has 1 amide bonds. The monoisotopic (exact) mass is 311 g/mol. The number of nitriles is 1. The molecule has 9 heteroatoms. The molecule has 0 aliphatic carbocycles. The van der Waals surface area contributed by atoms with Crippen LogP contribution in [0.2, 0.25) is 0 Å². The third kappa shape index (κ3) is 3.29. The number of alkyl halides is 1. The molecule has 2 N–H and O–H groups in total. The van der Waals surface area contributed by atoms with Gasteiger partial charge in [0.1, 0.15) is 18.8 Å². The van der Waals surface area contributed by atoms with Gasteiger partial charge >= 0.3 is 0 Å². The minimum atomic E-state index is -1.07. The maximum Gasteiger partial charge on any atom is 0.286 e. The van der Waals surface area contributed by atoms with Crippen LogP contribution >= 0.6 is 0 Å². The normalized spacial score (nSPS) is 21.5. The molecule has 22 heavy (non-hydrogen) atoms. The van der Waals surface area contributed by atoms with Crippen molar-refractivity contribution in [2.75, 3.05) is 19.0 Å². The third-order valence-electron chi connectivity index (χ3n) is 3.39. The second-order valence-electron chi connectivity index (χ2n) is 4.93. The fourth-order valence-electron chi connectivity index (χ4n) is 2.23. The number of anilines is 1. The van der Waals surface area contributed by atoms with E-state index in [4.69, 9.17) is 5.26 Å². The van der Waals surface area contributed by atoms with Crippen LogP contribution in [-0.4, -0.2) is 41.3 Å². The van der Waals surface area contributed by atoms with Crippen molar-refractivity contribution in [1.29, 1.82) is 5.26 Å². The molecule has 7 nitrogen and oxygen atoms in total. The Morgan fingerprint density at radius 3 is 2.95 bits per heavy atom. The van der Waals surface area contributed by atoms with Crippen molar-refractivity contribution in [3.8, 4) is 6.07 Å². The third-order valence-corrected chi connectivity index (χ3v) is 3.39. The van der Waals surface area contributed by atoms with Crippen molar-refractivity contribution in [1.82, 2.24) is 15.0 Å². The highest BCUT2D eigenvalue weighted by Gasteiger charge is 2.33. The molecule has 0 spiro atoms. The molecule has 2 unspecified atom stereocenters. The Bertz CT molecular complexity index is 669. The van der Waals surface area contributed by atoms with Gasteiger partial charge in [0.15, 0.2) is 5.82 Å². The summed E-state index contributed by atoms with van der Waals surface area (Å²) in [6.07, 6.45) is 1.47. The minimum Gasteiger partial charge on any atom is -0.323 e. The maximum absolute atomic E-state index is 13.5. The fraction of sp³-hybridized carbons (Fsp3) is 0.462. The van der Waals surface area contributed by atoms with Gasteiger partial charge in [0.05, 0.1) is 18.3 Å². The number of hydrogen-bond donors (Lipinski definition) is 2. The van der Waals surface area contributed by atoms with E-state index in [1.165, 1.54) is 11.2 Å². The van der Waals surface area contributed by atoms with Crippen molar-refractivity contribution < 1.29 is 13.6 Å². The van der Waals surface area contributed by atoms with Gasteiger partial charge < -0.3 is 9.88 Å². The highest BCUT2D eigenvalue weighted by Crippen LogP contribution is 2.14. The lowest BCUT2D eigenvalue weighted by molar-refractivity contribution is -0.118. The van der Waals surface area contributed by atoms with Crippen LogP contribution in [0.4, 0.5) is 14.5 Å². The summed E-state index contributed by atoms with van der Waals surface area (Å²) >= 11 is 0. The average Bonchev–Trinajstić information content (AvgIpc) is 2.85. The van der Waals surface area contributed by atoms with Crippen LogP contribution in [0.5, 0.6) is 0 Å². The minimum absolute atomic E-state index is 0.0559. The first kappa shape index (κ1) is 16.1. The van der Waals surface area contributed by atoms with Crippen LogP contribution in [0.1, 0.15) is 6.42 Å². The quantitative estimate of drug-likeness (QED) is 0.817. The molecule has 0 radical (unpaired) electrons. The lowest BCUT2D eigenvalue weighted by atomic mass is 10.1. The molecule has 1 aliphatic rings. The van der Waals surface area contributed by atoms with E-state index in [0.29, 0.717) is 0 Å². The Balaban J connectivity index is 2.13. The van der Waals surface area contributed by atoms with Gasteiger partial charge in [-0.3, -0.25) is 9.59 Å². The van der Waals surface area contributed by atoms with E-state index in [1.807, 2.05) is 6.07 Å². The number of rotatable bonds is 4. The Hall–Kier alpha value is -2.31. The van der Waals surface area contributed by atoms with Crippen LogP contribution in [0.15, 0.2) is 17.1 Å². The highest BCUT2D eigenvalue weighted by atomic mass is 19.1. The molecule has 0 bridgehead atoms. The number of nitrogens with zero attached hydrogens (tertiary/aromatic N) is 3. The van der Waals surface area contributed by atoms with Crippen molar-refractivity contribution in [2.45, 2.75) is 25.0 Å². The van der Waals surface area contributed by atoms with Crippen LogP contribution in [0, 0.1) is 17.1 Å². The molecule has 1 aliphatic heterocycles. The van der Waals surface area contributed by atoms with E-state index in [-0.39, 0.29) is 18.7 Å². The number of nitrogens with one attached hydrogen (secondary N) is 2. The van der Waals surface area contributed by atoms with Crippen molar-refractivity contribution in [3.05, 3.63) is 28.4 Å². The topological polar surface area (TPSA) is 90.2 Å². The Morgan fingerprint density at radius 1 is 1.64 bits per heavy atom. The molecule has 1 aromatic heterocycles. The zero-order valence-corrected chi connectivity index (χ0v) is 11.8. The number of pyridine rings is 1. The van der Waals surface area contributed by atoms with Crippen LogP contribution in [0.3, 0.4) is 0 Å². The standard InChI is InChI=1S/C13H15F2N5O2/c1-19-9(6-16)5-11(18-19)12(21)17-8-4-10(15)13(22)20(7-8)3-2-14/h4,7,9,11,18H,2-3,5H2,1H3,(H,17,21). The maximum atomic E-state index is 13.5. The predicted molar refractivity (Wildman–Crippen MR) is 74.0 cm³/mol. The summed E-state index contributed by atoms with van der Waals surface area (Å²) in [7, 11) is 1.64. The zero-order chi connectivity index (χ0) is 16.3. The van der Waals surface area contributed by atoms with Gasteiger partial charge in [0, 0.05) is 25.7 Å². The number of carbonyl (C=O) groups excluding carboxylic acids is 1. The number of halogens is 2. The second kappa shape index (κ2) is 6.64. The predicted octanol–water partition coefficient (Wildman–Crippen LogP) is -0.00372. The highest BCUT2D eigenvalue weighted by molar-refractivity contribution is 5.94. The number of aryl methyl sites for hydroxylation is 1. The molecule has 1 saturated heterocycles. The molecule has 2 atom stereocenters. The van der Waals surface area contributed by atoms with Crippen molar-refractivity contribution in [2.24, 2.45) is 0 Å². The Morgan fingerprint density at radius 2 is 2.36 bits per heavy atom. The first-order valence-corrected chi connectivity index (χ1v) is 6.61. The molecule has 2 heterocycles. The summed E-state index contributed by atoms with van der Waals surface area (Å²) in [6.45, 7) is -1.12. The van der Waals surface area contributed by atoms with Gasteiger partial charge in [-0.05, 0) is 0 Å². The smallest absolute Gasteiger partial charge is 0.286 e. The summed E-state index contributed by atoms with van der Waals surface area (Å²) in [5.41, 5.74) is 1.93. The van der Waals surface area contributed by atoms with Gasteiger partial charge in [-0.15, -0.1) is 0 Å². The summed E-state index contributed by atoms with van der Waals surface area (Å²) in [6, 6.07) is 1.85. The molecule has 0 saturated carbocycles. The number of hydrogen-bond acceptors (Lipinski definition) is 5. The number of aromatic nitrogens is 1. The first-order valence-electron chi connectivity index (χ1n) is 6.61. The van der Waals surface area contributed by atoms with Gasteiger partial charge in [-0.2, -0.15) is 5.26 Å². The van der Waals surface area contributed by atoms with E-state index < -0.39 is 36.0 Å². The lowest BCUT2D eigenvalue weighted by Gasteiger charge is -2.14. The Labute approximate surface area is 125 Å². The van der Waals surface area contributed by atoms with E-state index in [9.17, 15) is 18.4 Å². The summed E-state index contributed by atoms with van der Waals surface area (Å²) in [4.78, 5) is 23.5. The SMILES string of the molecule is CN1NC(C(=O)Nc2cc(F)c(=O)n(CCF)c2)CC1C#N. The average molecular weight is 311 g/mol. The van der Waals surface area contributed by atoms with Crippen molar-refractivity contribution in [3.63, 3.8) is 0 Å². The van der Waals surface area contributed by atoms with Gasteiger partial charge in [-0.1, -0.05) is 0 Å². The lowest BCUT2D eigenvalue weighted by Crippen LogP contribution is -2.41. The molecular formula is C13H15F2N5O2. The van der Waals surface area contributed by atoms with Gasteiger partial charge in [-0.25, -0.2) is 19.2 Å². The molecule has 1 fully saturated rings. The van der Waals surface area contributed by atoms with Crippen molar-refractivity contribution >= 4 is 11.6 Å². The van der Waals surface area contributed by atoms with Crippen LogP contribution in [-0.2, 0) is 11.3 Å². The van der Waals surface area contributed by atoms with E-state index in [1.54, 1.807) is 7.05 Å². The molecule has 1 aromatic rings. The van der Waals surface area contributed by atoms with E-state index in [0.717, 1.165) is 10.6 Å². The van der Waals surface area contributed by atoms with E-state index in [2.05, 4.69) is 10.7 Å². The Kier molecular flexibility index (Phi) is 4.85.